The molecule has 0 spiro atoms. The average Bonchev–Trinajstić information content (AvgIpc) is 2.50. The van der Waals surface area contributed by atoms with E-state index in [2.05, 4.69) is 0 Å². The molecule has 3 N–H and O–H groups in total. The molecular formula is C17H12N2O3. The van der Waals surface area contributed by atoms with E-state index in [0.29, 0.717) is 11.3 Å². The first kappa shape index (κ1) is 13.7. The van der Waals surface area contributed by atoms with Gasteiger partial charge < -0.3 is 15.3 Å². The van der Waals surface area contributed by atoms with E-state index in [-0.39, 0.29) is 22.3 Å². The molecule has 0 bridgehead atoms. The molecule has 3 aromatic rings. The van der Waals surface area contributed by atoms with E-state index in [1.807, 2.05) is 25.1 Å². The minimum atomic E-state index is -0.645. The second-order valence-corrected chi connectivity index (χ2v) is 5.03. The smallest absolute Gasteiger partial charge is 0.236 e. The third-order valence-corrected chi connectivity index (χ3v) is 3.43. The van der Waals surface area contributed by atoms with Crippen LogP contribution >= 0.6 is 0 Å². The molecule has 0 radical (unpaired) electrons. The summed E-state index contributed by atoms with van der Waals surface area (Å²) in [6.07, 6.45) is 0. The molecule has 0 saturated heterocycles. The quantitative estimate of drug-likeness (QED) is 0.672. The number of aromatic hydroxyl groups is 1. The Morgan fingerprint density at radius 2 is 1.91 bits per heavy atom. The molecule has 2 aromatic carbocycles. The van der Waals surface area contributed by atoms with Gasteiger partial charge in [-0.3, -0.25) is 4.79 Å². The molecule has 1 aromatic heterocycles. The van der Waals surface area contributed by atoms with E-state index in [9.17, 15) is 9.90 Å². The van der Waals surface area contributed by atoms with Crippen LogP contribution in [0.15, 0.2) is 45.6 Å². The number of rotatable bonds is 1. The number of nitrogens with two attached hydrogens (primary N) is 1. The molecule has 5 heteroatoms. The van der Waals surface area contributed by atoms with Gasteiger partial charge in [0.25, 0.3) is 0 Å². The zero-order valence-corrected chi connectivity index (χ0v) is 11.8. The number of nitrogens with zero attached hydrogens (tertiary/aromatic N) is 1. The van der Waals surface area contributed by atoms with Crippen molar-refractivity contribution in [3.63, 3.8) is 0 Å². The maximum atomic E-state index is 12.4. The number of aryl methyl sites for hydroxylation is 1. The normalized spacial score (nSPS) is 10.5. The molecule has 0 atom stereocenters. The Kier molecular flexibility index (Phi) is 3.08. The van der Waals surface area contributed by atoms with Crippen molar-refractivity contribution in [1.82, 2.24) is 0 Å². The zero-order chi connectivity index (χ0) is 15.9. The molecule has 22 heavy (non-hydrogen) atoms. The van der Waals surface area contributed by atoms with Gasteiger partial charge in [0.2, 0.25) is 11.2 Å². The summed E-state index contributed by atoms with van der Waals surface area (Å²) in [7, 11) is 0. The van der Waals surface area contributed by atoms with Crippen LogP contribution in [0.25, 0.3) is 22.3 Å². The lowest BCUT2D eigenvalue weighted by Crippen LogP contribution is -2.05. The van der Waals surface area contributed by atoms with E-state index >= 15 is 0 Å². The van der Waals surface area contributed by atoms with Gasteiger partial charge in [0.15, 0.2) is 5.76 Å². The predicted octanol–water partition coefficient (Wildman–Crippen LogP) is 2.93. The highest BCUT2D eigenvalue weighted by atomic mass is 16.4. The van der Waals surface area contributed by atoms with Crippen molar-refractivity contribution in [2.24, 2.45) is 0 Å². The maximum Gasteiger partial charge on any atom is 0.236 e. The van der Waals surface area contributed by atoms with Crippen LogP contribution in [0.4, 0.5) is 5.69 Å². The largest absolute Gasteiger partial charge is 0.502 e. The second kappa shape index (κ2) is 4.93. The maximum absolute atomic E-state index is 12.4. The Bertz CT molecular complexity index is 980. The van der Waals surface area contributed by atoms with Crippen LogP contribution < -0.4 is 11.2 Å². The summed E-state index contributed by atoms with van der Waals surface area (Å²) in [5.41, 5.74) is 7.26. The van der Waals surface area contributed by atoms with Gasteiger partial charge >= 0.3 is 0 Å². The highest BCUT2D eigenvalue weighted by Crippen LogP contribution is 2.31. The Hall–Kier alpha value is -3.26. The number of fused-ring (bicyclic) bond motifs is 1. The highest BCUT2D eigenvalue weighted by molar-refractivity contribution is 5.89. The Labute approximate surface area is 125 Å². The van der Waals surface area contributed by atoms with Crippen LogP contribution in [0, 0.1) is 18.3 Å². The van der Waals surface area contributed by atoms with Crippen molar-refractivity contribution < 1.29 is 9.52 Å². The Morgan fingerprint density at radius 3 is 2.55 bits per heavy atom. The van der Waals surface area contributed by atoms with Crippen molar-refractivity contribution in [2.75, 3.05) is 5.73 Å². The Balaban J connectivity index is 2.40. The molecule has 1 heterocycles. The summed E-state index contributed by atoms with van der Waals surface area (Å²) in [5, 5.41) is 19.3. The fraction of sp³-hybridized carbons (Fsp3) is 0.0588. The van der Waals surface area contributed by atoms with E-state index in [1.54, 1.807) is 12.1 Å². The average molecular weight is 292 g/mol. The molecule has 5 nitrogen and oxygen atoms in total. The first-order valence-electron chi connectivity index (χ1n) is 6.57. The van der Waals surface area contributed by atoms with Crippen LogP contribution in [-0.2, 0) is 0 Å². The van der Waals surface area contributed by atoms with Gasteiger partial charge in [-0.05, 0) is 13.0 Å². The van der Waals surface area contributed by atoms with Gasteiger partial charge in [-0.2, -0.15) is 5.26 Å². The van der Waals surface area contributed by atoms with Crippen LogP contribution in [0.5, 0.6) is 5.75 Å². The first-order chi connectivity index (χ1) is 10.5. The Morgan fingerprint density at radius 1 is 1.23 bits per heavy atom. The summed E-state index contributed by atoms with van der Waals surface area (Å²) in [6, 6.07) is 11.9. The number of nitrogen functional groups attached to an aromatic ring is 1. The number of hydrogen-bond acceptors (Lipinski definition) is 5. The zero-order valence-electron chi connectivity index (χ0n) is 11.8. The molecular weight excluding hydrogens is 280 g/mol. The van der Waals surface area contributed by atoms with Crippen LogP contribution in [-0.4, -0.2) is 5.11 Å². The molecule has 3 rings (SSSR count). The van der Waals surface area contributed by atoms with Gasteiger partial charge in [0.1, 0.15) is 11.7 Å². The molecule has 0 fully saturated rings. The molecule has 0 aliphatic rings. The summed E-state index contributed by atoms with van der Waals surface area (Å²) in [4.78, 5) is 12.4. The summed E-state index contributed by atoms with van der Waals surface area (Å²) in [6.45, 7) is 1.93. The van der Waals surface area contributed by atoms with E-state index in [4.69, 9.17) is 15.4 Å². The number of nitriles is 1. The second-order valence-electron chi connectivity index (χ2n) is 5.03. The standard InChI is InChI=1S/C17H12N2O3/c1-9-2-4-10(5-3-9)17-16(21)15(20)14-11(8-18)6-12(19)7-13(14)22-17/h2-7,21H,19H2,1H3. The minimum Gasteiger partial charge on any atom is -0.502 e. The van der Waals surface area contributed by atoms with Crippen LogP contribution in [0.1, 0.15) is 11.1 Å². The monoisotopic (exact) mass is 292 g/mol. The van der Waals surface area contributed by atoms with Gasteiger partial charge in [0, 0.05) is 17.3 Å². The number of hydrogen-bond donors (Lipinski definition) is 2. The lowest BCUT2D eigenvalue weighted by Gasteiger charge is -2.08. The number of anilines is 1. The summed E-state index contributed by atoms with van der Waals surface area (Å²) >= 11 is 0. The van der Waals surface area contributed by atoms with Gasteiger partial charge in [-0.25, -0.2) is 0 Å². The van der Waals surface area contributed by atoms with Gasteiger partial charge in [-0.15, -0.1) is 0 Å². The van der Waals surface area contributed by atoms with Crippen molar-refractivity contribution >= 4 is 16.7 Å². The lowest BCUT2D eigenvalue weighted by molar-refractivity contribution is 0.449. The van der Waals surface area contributed by atoms with Crippen molar-refractivity contribution in [1.29, 1.82) is 5.26 Å². The van der Waals surface area contributed by atoms with Crippen molar-refractivity contribution in [3.8, 4) is 23.1 Å². The molecule has 0 amide bonds. The first-order valence-corrected chi connectivity index (χ1v) is 6.57. The number of benzene rings is 2. The molecule has 0 unspecified atom stereocenters. The SMILES string of the molecule is Cc1ccc(-c2oc3cc(N)cc(C#N)c3c(=O)c2O)cc1. The fourth-order valence-electron chi connectivity index (χ4n) is 2.32. The molecule has 0 aliphatic carbocycles. The third kappa shape index (κ3) is 2.07. The summed E-state index contributed by atoms with van der Waals surface area (Å²) < 4.78 is 5.64. The van der Waals surface area contributed by atoms with Crippen molar-refractivity contribution in [2.45, 2.75) is 6.92 Å². The van der Waals surface area contributed by atoms with Gasteiger partial charge in [0.05, 0.1) is 10.9 Å². The lowest BCUT2D eigenvalue weighted by atomic mass is 10.1. The van der Waals surface area contributed by atoms with E-state index in [0.717, 1.165) is 5.56 Å². The predicted molar refractivity (Wildman–Crippen MR) is 83.4 cm³/mol. The minimum absolute atomic E-state index is 0.0325. The van der Waals surface area contributed by atoms with Crippen LogP contribution in [0.2, 0.25) is 0 Å². The van der Waals surface area contributed by atoms with E-state index in [1.165, 1.54) is 12.1 Å². The molecule has 108 valence electrons. The summed E-state index contributed by atoms with van der Waals surface area (Å²) in [5.74, 6) is -0.454. The van der Waals surface area contributed by atoms with Crippen molar-refractivity contribution in [3.05, 3.63) is 57.7 Å². The third-order valence-electron chi connectivity index (χ3n) is 3.43. The van der Waals surface area contributed by atoms with Crippen LogP contribution in [0.3, 0.4) is 0 Å². The topological polar surface area (TPSA) is 100 Å². The molecule has 0 aliphatic heterocycles. The molecule has 0 saturated carbocycles. The fourth-order valence-corrected chi connectivity index (χ4v) is 2.32. The van der Waals surface area contributed by atoms with E-state index < -0.39 is 11.2 Å². The highest BCUT2D eigenvalue weighted by Gasteiger charge is 2.18. The van der Waals surface area contributed by atoms with Gasteiger partial charge in [-0.1, -0.05) is 29.8 Å².